The molecule has 0 aromatic rings. The molecule has 1 saturated carbocycles. The molecule has 5 atom stereocenters. The molecule has 2 aliphatic carbocycles. The van der Waals surface area contributed by atoms with Gasteiger partial charge in [-0.25, -0.2) is 0 Å². The van der Waals surface area contributed by atoms with Crippen molar-refractivity contribution in [3.05, 3.63) is 24.5 Å². The molecule has 3 aliphatic rings. The topological polar surface area (TPSA) is 46.5 Å². The van der Waals surface area contributed by atoms with Gasteiger partial charge in [0.2, 0.25) is 0 Å². The second-order valence-corrected chi connectivity index (χ2v) is 7.12. The molecule has 0 radical (unpaired) electrons. The average molecular weight is 311 g/mol. The molecule has 0 bridgehead atoms. The number of Topliss-reactive ketones (excluding diaryl/α,β-unsaturated/α-hetero) is 1. The van der Waals surface area contributed by atoms with E-state index < -0.39 is 17.1 Å². The number of carbonyl (C=O) groups is 1. The Morgan fingerprint density at radius 2 is 2.38 bits per heavy atom. The van der Waals surface area contributed by atoms with Crippen LogP contribution in [0, 0.1) is 17.3 Å². The lowest BCUT2D eigenvalue weighted by molar-refractivity contribution is -0.242. The number of ether oxygens (including phenoxy) is 1. The summed E-state index contributed by atoms with van der Waals surface area (Å²) in [6, 6.07) is 0. The molecule has 0 unspecified atom stereocenters. The molecular formula is C17H23ClO3. The van der Waals surface area contributed by atoms with Crippen LogP contribution in [0.15, 0.2) is 24.5 Å². The number of fused-ring (bicyclic) bond motifs is 1. The Hall–Kier alpha value is -0.800. The number of alkyl halides is 1. The minimum atomic E-state index is -0.652. The van der Waals surface area contributed by atoms with Gasteiger partial charge in [-0.05, 0) is 32.6 Å². The Morgan fingerprint density at radius 1 is 1.62 bits per heavy atom. The average Bonchev–Trinajstić information content (AvgIpc) is 2.65. The van der Waals surface area contributed by atoms with E-state index in [1.54, 1.807) is 0 Å². The third-order valence-corrected chi connectivity index (χ3v) is 6.04. The lowest BCUT2D eigenvalue weighted by Gasteiger charge is -2.59. The van der Waals surface area contributed by atoms with Crippen LogP contribution < -0.4 is 0 Å². The van der Waals surface area contributed by atoms with Crippen molar-refractivity contribution >= 4 is 17.4 Å². The first-order valence-electron chi connectivity index (χ1n) is 7.79. The van der Waals surface area contributed by atoms with E-state index in [0.717, 1.165) is 19.3 Å². The van der Waals surface area contributed by atoms with Crippen molar-refractivity contribution in [2.75, 3.05) is 5.88 Å². The predicted molar refractivity (Wildman–Crippen MR) is 82.0 cm³/mol. The van der Waals surface area contributed by atoms with Crippen LogP contribution in [0.4, 0.5) is 0 Å². The monoisotopic (exact) mass is 310 g/mol. The van der Waals surface area contributed by atoms with Crippen LogP contribution in [0.3, 0.4) is 0 Å². The molecule has 1 aliphatic heterocycles. The summed E-state index contributed by atoms with van der Waals surface area (Å²) < 4.78 is 5.84. The van der Waals surface area contributed by atoms with Crippen LogP contribution in [0.5, 0.6) is 0 Å². The lowest BCUT2D eigenvalue weighted by Crippen LogP contribution is -2.65. The minimum Gasteiger partial charge on any atom is -0.490 e. The number of allylic oxidation sites excluding steroid dienone is 1. The highest BCUT2D eigenvalue weighted by molar-refractivity contribution is 6.18. The molecule has 3 nitrogen and oxygen atoms in total. The summed E-state index contributed by atoms with van der Waals surface area (Å²) in [6.45, 7) is 5.92. The quantitative estimate of drug-likeness (QED) is 0.640. The zero-order valence-corrected chi connectivity index (χ0v) is 13.2. The van der Waals surface area contributed by atoms with E-state index in [9.17, 15) is 9.90 Å². The molecule has 4 heteroatoms. The Labute approximate surface area is 131 Å². The van der Waals surface area contributed by atoms with Gasteiger partial charge >= 0.3 is 0 Å². The zero-order valence-electron chi connectivity index (χ0n) is 12.5. The SMILES string of the molecule is C=C1O[C@@]2(C)[C@@H](CCCl)C(=O)C[C@@]12[C@@H](O)[C@@H]1C=CCCC1. The number of hydrogen-bond acceptors (Lipinski definition) is 3. The van der Waals surface area contributed by atoms with E-state index >= 15 is 0 Å². The highest BCUT2D eigenvalue weighted by Gasteiger charge is 2.75. The molecule has 0 aromatic heterocycles. The molecule has 116 valence electrons. The summed E-state index contributed by atoms with van der Waals surface area (Å²) in [5, 5.41) is 11.0. The maximum absolute atomic E-state index is 12.5. The van der Waals surface area contributed by atoms with Crippen LogP contribution in [0.25, 0.3) is 0 Å². The van der Waals surface area contributed by atoms with Crippen molar-refractivity contribution in [2.45, 2.75) is 50.7 Å². The Morgan fingerprint density at radius 3 is 2.95 bits per heavy atom. The van der Waals surface area contributed by atoms with Crippen molar-refractivity contribution in [3.8, 4) is 0 Å². The highest BCUT2D eigenvalue weighted by atomic mass is 35.5. The fourth-order valence-electron chi connectivity index (χ4n) is 4.61. The van der Waals surface area contributed by atoms with E-state index in [0.29, 0.717) is 24.5 Å². The molecule has 0 aromatic carbocycles. The molecule has 3 rings (SSSR count). The van der Waals surface area contributed by atoms with Crippen molar-refractivity contribution in [1.82, 2.24) is 0 Å². The molecule has 1 heterocycles. The van der Waals surface area contributed by atoms with Gasteiger partial charge in [-0.2, -0.15) is 0 Å². The predicted octanol–water partition coefficient (Wildman–Crippen LogP) is 3.21. The first-order chi connectivity index (χ1) is 9.97. The maximum Gasteiger partial charge on any atom is 0.141 e. The van der Waals surface area contributed by atoms with Gasteiger partial charge in [-0.1, -0.05) is 18.7 Å². The molecule has 1 saturated heterocycles. The summed E-state index contributed by atoms with van der Waals surface area (Å²) in [5.41, 5.74) is -1.28. The number of ketones is 1. The van der Waals surface area contributed by atoms with Crippen molar-refractivity contribution in [3.63, 3.8) is 0 Å². The first kappa shape index (κ1) is 15.1. The van der Waals surface area contributed by atoms with Gasteiger partial charge in [0.25, 0.3) is 0 Å². The van der Waals surface area contributed by atoms with Crippen LogP contribution in [0.2, 0.25) is 0 Å². The van der Waals surface area contributed by atoms with E-state index in [1.807, 2.05) is 6.92 Å². The van der Waals surface area contributed by atoms with Crippen molar-refractivity contribution in [1.29, 1.82) is 0 Å². The number of hydrogen-bond donors (Lipinski definition) is 1. The van der Waals surface area contributed by atoms with Crippen LogP contribution in [-0.4, -0.2) is 28.5 Å². The molecule has 2 fully saturated rings. The third-order valence-electron chi connectivity index (χ3n) is 5.83. The van der Waals surface area contributed by atoms with Gasteiger partial charge in [-0.15, -0.1) is 11.6 Å². The number of carbonyl (C=O) groups excluding carboxylic acids is 1. The molecular weight excluding hydrogens is 288 g/mol. The van der Waals surface area contributed by atoms with Crippen LogP contribution >= 0.6 is 11.6 Å². The summed E-state index contributed by atoms with van der Waals surface area (Å²) in [7, 11) is 0. The third kappa shape index (κ3) is 1.86. The second kappa shape index (κ2) is 5.13. The zero-order chi connectivity index (χ0) is 15.3. The lowest BCUT2D eigenvalue weighted by atomic mass is 9.59. The van der Waals surface area contributed by atoms with Crippen molar-refractivity contribution in [2.24, 2.45) is 17.3 Å². The Balaban J connectivity index is 1.94. The highest BCUT2D eigenvalue weighted by Crippen LogP contribution is 2.66. The Kier molecular flexibility index (Phi) is 3.69. The summed E-state index contributed by atoms with van der Waals surface area (Å²) in [5.74, 6) is 0.999. The number of aliphatic hydroxyl groups is 1. The fraction of sp³-hybridized carbons (Fsp3) is 0.706. The van der Waals surface area contributed by atoms with Gasteiger partial charge in [-0.3, -0.25) is 4.79 Å². The standard InChI is InChI=1S/C17H23ClO3/c1-11-17(15(20)12-6-4-3-5-7-12)10-14(19)13(8-9-18)16(17,2)21-11/h4,6,12-13,15,20H,1,3,5,7-10H2,2H3/t12-,13+,15+,16+,17+/m1/s1. The molecule has 21 heavy (non-hydrogen) atoms. The van der Waals surface area contributed by atoms with Crippen molar-refractivity contribution < 1.29 is 14.6 Å². The van der Waals surface area contributed by atoms with Gasteiger partial charge in [0.1, 0.15) is 22.6 Å². The number of rotatable bonds is 4. The van der Waals surface area contributed by atoms with Crippen LogP contribution in [-0.2, 0) is 9.53 Å². The first-order valence-corrected chi connectivity index (χ1v) is 8.32. The normalized spacial score (nSPS) is 43.2. The van der Waals surface area contributed by atoms with Crippen LogP contribution in [0.1, 0.15) is 39.0 Å². The van der Waals surface area contributed by atoms with E-state index in [2.05, 4.69) is 18.7 Å². The van der Waals surface area contributed by atoms with Gasteiger partial charge in [0.05, 0.1) is 12.0 Å². The smallest absolute Gasteiger partial charge is 0.141 e. The fourth-order valence-corrected chi connectivity index (χ4v) is 4.82. The van der Waals surface area contributed by atoms with Gasteiger partial charge in [0.15, 0.2) is 0 Å². The van der Waals surface area contributed by atoms with E-state index in [4.69, 9.17) is 16.3 Å². The molecule has 0 amide bonds. The molecule has 1 N–H and O–H groups in total. The number of aliphatic hydroxyl groups excluding tert-OH is 1. The summed E-state index contributed by atoms with van der Waals surface area (Å²) in [6.07, 6.45) is 7.64. The summed E-state index contributed by atoms with van der Waals surface area (Å²) >= 11 is 5.85. The van der Waals surface area contributed by atoms with E-state index in [1.165, 1.54) is 0 Å². The minimum absolute atomic E-state index is 0.0845. The molecule has 0 spiro atoms. The number of halogens is 1. The maximum atomic E-state index is 12.5. The largest absolute Gasteiger partial charge is 0.490 e. The van der Waals surface area contributed by atoms with Gasteiger partial charge < -0.3 is 9.84 Å². The Bertz CT molecular complexity index is 500. The van der Waals surface area contributed by atoms with E-state index in [-0.39, 0.29) is 17.6 Å². The van der Waals surface area contributed by atoms with Gasteiger partial charge in [0, 0.05) is 18.2 Å². The summed E-state index contributed by atoms with van der Waals surface area (Å²) in [4.78, 5) is 12.5. The second-order valence-electron chi connectivity index (χ2n) is 6.74.